The third kappa shape index (κ3) is 3.56. The molecule has 1 aromatic carbocycles. The zero-order chi connectivity index (χ0) is 13.9. The monoisotopic (exact) mass is 262 g/mol. The Labute approximate surface area is 117 Å². The van der Waals surface area contributed by atoms with E-state index in [1.54, 1.807) is 0 Å². The summed E-state index contributed by atoms with van der Waals surface area (Å²) in [5, 5.41) is 0. The van der Waals surface area contributed by atoms with Gasteiger partial charge < -0.3 is 9.64 Å². The maximum absolute atomic E-state index is 5.99. The van der Waals surface area contributed by atoms with E-state index in [4.69, 9.17) is 4.74 Å². The quantitative estimate of drug-likeness (QED) is 0.827. The highest BCUT2D eigenvalue weighted by atomic mass is 16.5. The predicted molar refractivity (Wildman–Crippen MR) is 79.2 cm³/mol. The van der Waals surface area contributed by atoms with E-state index in [2.05, 4.69) is 68.1 Å². The van der Waals surface area contributed by atoms with Gasteiger partial charge in [-0.3, -0.25) is 4.90 Å². The molecule has 1 aromatic rings. The first-order valence-corrected chi connectivity index (χ1v) is 7.05. The molecular formula is C16H26N2O. The second-order valence-electron chi connectivity index (χ2n) is 6.13. The van der Waals surface area contributed by atoms with Crippen LogP contribution in [0.4, 0.5) is 0 Å². The highest BCUT2D eigenvalue weighted by Gasteiger charge is 2.35. The number of rotatable bonds is 4. The van der Waals surface area contributed by atoms with E-state index in [1.165, 1.54) is 5.56 Å². The lowest BCUT2D eigenvalue weighted by atomic mass is 9.94. The van der Waals surface area contributed by atoms with Gasteiger partial charge in [-0.2, -0.15) is 0 Å². The minimum Gasteiger partial charge on any atom is -0.374 e. The van der Waals surface area contributed by atoms with Crippen LogP contribution in [0.2, 0.25) is 0 Å². The molecule has 0 spiro atoms. The van der Waals surface area contributed by atoms with Crippen LogP contribution in [0.25, 0.3) is 0 Å². The Morgan fingerprint density at radius 2 is 1.95 bits per heavy atom. The fourth-order valence-corrected chi connectivity index (χ4v) is 2.40. The summed E-state index contributed by atoms with van der Waals surface area (Å²) in [7, 11) is 4.25. The molecule has 0 N–H and O–H groups in total. The van der Waals surface area contributed by atoms with E-state index >= 15 is 0 Å². The first kappa shape index (κ1) is 14.5. The highest BCUT2D eigenvalue weighted by Crippen LogP contribution is 2.23. The van der Waals surface area contributed by atoms with Gasteiger partial charge in [-0.05, 0) is 33.5 Å². The molecule has 0 bridgehead atoms. The average Bonchev–Trinajstić information content (AvgIpc) is 2.40. The molecule has 3 heteroatoms. The molecule has 0 saturated carbocycles. The van der Waals surface area contributed by atoms with E-state index in [9.17, 15) is 0 Å². The molecule has 1 aliphatic rings. The molecule has 1 unspecified atom stereocenters. The topological polar surface area (TPSA) is 15.7 Å². The first-order chi connectivity index (χ1) is 9.00. The minimum absolute atomic E-state index is 0.0648. The molecule has 0 aliphatic carbocycles. The average molecular weight is 262 g/mol. The Kier molecular flexibility index (Phi) is 4.61. The van der Waals surface area contributed by atoms with Crippen molar-refractivity contribution in [1.82, 2.24) is 9.80 Å². The number of ether oxygens (including phenoxy) is 1. The highest BCUT2D eigenvalue weighted by molar-refractivity contribution is 5.14. The smallest absolute Gasteiger partial charge is 0.0880 e. The third-order valence-electron chi connectivity index (χ3n) is 4.34. The fraction of sp³-hybridized carbons (Fsp3) is 0.625. The molecule has 1 aliphatic heterocycles. The lowest BCUT2D eigenvalue weighted by molar-refractivity contribution is -0.0948. The Balaban J connectivity index is 1.98. The SMILES string of the molecule is CN(C)C(C)(C)C1CN(Cc2ccccc2)CCO1. The molecule has 0 radical (unpaired) electrons. The predicted octanol–water partition coefficient (Wildman–Crippen LogP) is 2.23. The zero-order valence-corrected chi connectivity index (χ0v) is 12.6. The Morgan fingerprint density at radius 3 is 2.58 bits per heavy atom. The van der Waals surface area contributed by atoms with Crippen molar-refractivity contribution < 1.29 is 4.74 Å². The Bertz CT molecular complexity index is 389. The molecular weight excluding hydrogens is 236 g/mol. The maximum atomic E-state index is 5.99. The minimum atomic E-state index is 0.0648. The van der Waals surface area contributed by atoms with Gasteiger partial charge in [0.05, 0.1) is 12.7 Å². The molecule has 19 heavy (non-hydrogen) atoms. The molecule has 0 amide bonds. The van der Waals surface area contributed by atoms with Crippen LogP contribution in [-0.2, 0) is 11.3 Å². The summed E-state index contributed by atoms with van der Waals surface area (Å²) in [5.74, 6) is 0. The molecule has 106 valence electrons. The summed E-state index contributed by atoms with van der Waals surface area (Å²) in [5.41, 5.74) is 1.45. The maximum Gasteiger partial charge on any atom is 0.0880 e. The van der Waals surface area contributed by atoms with Gasteiger partial charge in [0.25, 0.3) is 0 Å². The normalized spacial score (nSPS) is 21.8. The van der Waals surface area contributed by atoms with E-state index in [0.717, 1.165) is 26.2 Å². The van der Waals surface area contributed by atoms with Gasteiger partial charge >= 0.3 is 0 Å². The van der Waals surface area contributed by atoms with Crippen LogP contribution in [0.1, 0.15) is 19.4 Å². The summed E-state index contributed by atoms with van der Waals surface area (Å²) in [6.07, 6.45) is 0.264. The number of benzene rings is 1. The van der Waals surface area contributed by atoms with Gasteiger partial charge in [-0.25, -0.2) is 0 Å². The molecule has 1 fully saturated rings. The number of hydrogen-bond acceptors (Lipinski definition) is 3. The second kappa shape index (κ2) is 6.04. The second-order valence-corrected chi connectivity index (χ2v) is 6.13. The van der Waals surface area contributed by atoms with Crippen molar-refractivity contribution in [2.24, 2.45) is 0 Å². The summed E-state index contributed by atoms with van der Waals surface area (Å²) in [6.45, 7) is 8.38. The van der Waals surface area contributed by atoms with Crippen LogP contribution in [0, 0.1) is 0 Å². The Hall–Kier alpha value is -0.900. The van der Waals surface area contributed by atoms with E-state index < -0.39 is 0 Å². The summed E-state index contributed by atoms with van der Waals surface area (Å²) < 4.78 is 5.99. The summed E-state index contributed by atoms with van der Waals surface area (Å²) in [6, 6.07) is 10.7. The van der Waals surface area contributed by atoms with E-state index in [-0.39, 0.29) is 11.6 Å². The van der Waals surface area contributed by atoms with Crippen molar-refractivity contribution in [2.45, 2.75) is 32.0 Å². The standard InChI is InChI=1S/C16H26N2O/c1-16(2,17(3)4)15-13-18(10-11-19-15)12-14-8-6-5-7-9-14/h5-9,15H,10-13H2,1-4H3. The number of likely N-dealkylation sites (N-methyl/N-ethyl adjacent to an activating group) is 1. The van der Waals surface area contributed by atoms with E-state index in [0.29, 0.717) is 0 Å². The van der Waals surface area contributed by atoms with Gasteiger partial charge in [-0.15, -0.1) is 0 Å². The van der Waals surface area contributed by atoms with Gasteiger partial charge in [0.15, 0.2) is 0 Å². The number of hydrogen-bond donors (Lipinski definition) is 0. The number of nitrogens with zero attached hydrogens (tertiary/aromatic N) is 2. The van der Waals surface area contributed by atoms with Gasteiger partial charge in [0.1, 0.15) is 0 Å². The van der Waals surface area contributed by atoms with Gasteiger partial charge in [0.2, 0.25) is 0 Å². The molecule has 1 atom stereocenters. The molecule has 3 nitrogen and oxygen atoms in total. The largest absolute Gasteiger partial charge is 0.374 e. The van der Waals surface area contributed by atoms with Crippen molar-refractivity contribution in [3.8, 4) is 0 Å². The summed E-state index contributed by atoms with van der Waals surface area (Å²) in [4.78, 5) is 4.75. The van der Waals surface area contributed by atoms with Crippen molar-refractivity contribution in [3.63, 3.8) is 0 Å². The van der Waals surface area contributed by atoms with Crippen LogP contribution in [0.5, 0.6) is 0 Å². The summed E-state index contributed by atoms with van der Waals surface area (Å²) >= 11 is 0. The first-order valence-electron chi connectivity index (χ1n) is 7.05. The van der Waals surface area contributed by atoms with Gasteiger partial charge in [0, 0.05) is 25.2 Å². The molecule has 1 saturated heterocycles. The molecule has 0 aromatic heterocycles. The fourth-order valence-electron chi connectivity index (χ4n) is 2.40. The van der Waals surface area contributed by atoms with Crippen molar-refractivity contribution >= 4 is 0 Å². The van der Waals surface area contributed by atoms with Crippen LogP contribution >= 0.6 is 0 Å². The lowest BCUT2D eigenvalue weighted by Gasteiger charge is -2.44. The van der Waals surface area contributed by atoms with Gasteiger partial charge in [-0.1, -0.05) is 30.3 Å². The lowest BCUT2D eigenvalue weighted by Crippen LogP contribution is -2.57. The van der Waals surface area contributed by atoms with Crippen molar-refractivity contribution in [1.29, 1.82) is 0 Å². The van der Waals surface area contributed by atoms with Crippen LogP contribution in [0.15, 0.2) is 30.3 Å². The zero-order valence-electron chi connectivity index (χ0n) is 12.6. The number of morpholine rings is 1. The van der Waals surface area contributed by atoms with Crippen LogP contribution in [0.3, 0.4) is 0 Å². The Morgan fingerprint density at radius 1 is 1.26 bits per heavy atom. The van der Waals surface area contributed by atoms with Crippen molar-refractivity contribution in [3.05, 3.63) is 35.9 Å². The van der Waals surface area contributed by atoms with Crippen LogP contribution < -0.4 is 0 Å². The molecule has 2 rings (SSSR count). The van der Waals surface area contributed by atoms with Crippen molar-refractivity contribution in [2.75, 3.05) is 33.8 Å². The van der Waals surface area contributed by atoms with Crippen LogP contribution in [-0.4, -0.2) is 55.2 Å². The molecule has 1 heterocycles. The van der Waals surface area contributed by atoms with E-state index in [1.807, 2.05) is 0 Å². The third-order valence-corrected chi connectivity index (χ3v) is 4.34.